The van der Waals surface area contributed by atoms with E-state index in [1.165, 1.54) is 11.9 Å². The van der Waals surface area contributed by atoms with Crippen LogP contribution in [0.15, 0.2) is 28.7 Å². The van der Waals surface area contributed by atoms with Gasteiger partial charge >= 0.3 is 5.97 Å². The fourth-order valence-corrected chi connectivity index (χ4v) is 2.02. The second kappa shape index (κ2) is 7.89. The van der Waals surface area contributed by atoms with Crippen LogP contribution in [-0.2, 0) is 9.59 Å². The van der Waals surface area contributed by atoms with Crippen LogP contribution < -0.4 is 4.74 Å². The normalized spacial score (nSPS) is 11.8. The highest BCUT2D eigenvalue weighted by molar-refractivity contribution is 9.10. The lowest BCUT2D eigenvalue weighted by Crippen LogP contribution is -2.42. The van der Waals surface area contributed by atoms with E-state index in [-0.39, 0.29) is 18.9 Å². The molecule has 1 unspecified atom stereocenters. The van der Waals surface area contributed by atoms with Gasteiger partial charge in [-0.05, 0) is 30.7 Å². The van der Waals surface area contributed by atoms with E-state index in [1.54, 1.807) is 19.1 Å². The molecule has 0 saturated heterocycles. The maximum absolute atomic E-state index is 11.9. The number of likely N-dealkylation sites (N-methyl/N-ethyl adjacent to an activating group) is 1. The molecular weight excluding hydrogens is 326 g/mol. The molecule has 0 aliphatic rings. The highest BCUT2D eigenvalue weighted by Crippen LogP contribution is 2.16. The van der Waals surface area contributed by atoms with Crippen LogP contribution in [0.2, 0.25) is 0 Å². The quantitative estimate of drug-likeness (QED) is 0.826. The van der Waals surface area contributed by atoms with E-state index in [1.807, 2.05) is 12.1 Å². The number of carbonyl (C=O) groups excluding carboxylic acids is 1. The molecule has 0 saturated carbocycles. The standard InChI is InChI=1S/C14H18BrNO4/c1-3-12(14(18)19)16(2)13(17)8-9-20-11-6-4-10(15)5-7-11/h4-7,12H,3,8-9H2,1-2H3,(H,18,19). The third kappa shape index (κ3) is 4.85. The van der Waals surface area contributed by atoms with Gasteiger partial charge < -0.3 is 14.7 Å². The molecule has 0 heterocycles. The Hall–Kier alpha value is -1.56. The van der Waals surface area contributed by atoms with Gasteiger partial charge in [-0.25, -0.2) is 4.79 Å². The number of amides is 1. The molecule has 0 aromatic heterocycles. The fraction of sp³-hybridized carbons (Fsp3) is 0.429. The molecule has 6 heteroatoms. The molecule has 0 aliphatic carbocycles. The number of nitrogens with zero attached hydrogens (tertiary/aromatic N) is 1. The van der Waals surface area contributed by atoms with Crippen molar-refractivity contribution in [3.63, 3.8) is 0 Å². The Morgan fingerprint density at radius 3 is 2.45 bits per heavy atom. The molecule has 1 amide bonds. The Labute approximate surface area is 126 Å². The number of ether oxygens (including phenoxy) is 1. The molecule has 0 aliphatic heterocycles. The molecule has 1 aromatic carbocycles. The zero-order valence-electron chi connectivity index (χ0n) is 11.5. The number of hydrogen-bond donors (Lipinski definition) is 1. The molecule has 1 atom stereocenters. The first kappa shape index (κ1) is 16.5. The summed E-state index contributed by atoms with van der Waals surface area (Å²) in [5.74, 6) is -0.553. The Morgan fingerprint density at radius 2 is 1.95 bits per heavy atom. The summed E-state index contributed by atoms with van der Waals surface area (Å²) in [4.78, 5) is 24.1. The van der Waals surface area contributed by atoms with Crippen molar-refractivity contribution in [2.75, 3.05) is 13.7 Å². The summed E-state index contributed by atoms with van der Waals surface area (Å²) in [6.07, 6.45) is 0.529. The number of benzene rings is 1. The van der Waals surface area contributed by atoms with Crippen molar-refractivity contribution < 1.29 is 19.4 Å². The minimum absolute atomic E-state index is 0.149. The Kier molecular flexibility index (Phi) is 6.51. The maximum atomic E-state index is 11.9. The van der Waals surface area contributed by atoms with Gasteiger partial charge in [-0.2, -0.15) is 0 Å². The number of carboxylic acid groups (broad SMARTS) is 1. The van der Waals surface area contributed by atoms with Crippen molar-refractivity contribution in [3.05, 3.63) is 28.7 Å². The highest BCUT2D eigenvalue weighted by Gasteiger charge is 2.24. The van der Waals surface area contributed by atoms with Gasteiger partial charge in [0.15, 0.2) is 0 Å². The van der Waals surface area contributed by atoms with Crippen LogP contribution in [0.5, 0.6) is 5.75 Å². The lowest BCUT2D eigenvalue weighted by atomic mass is 10.2. The summed E-state index contributed by atoms with van der Waals surface area (Å²) in [5.41, 5.74) is 0. The van der Waals surface area contributed by atoms with Gasteiger partial charge in [0.25, 0.3) is 0 Å². The van der Waals surface area contributed by atoms with Gasteiger partial charge in [0.05, 0.1) is 13.0 Å². The van der Waals surface area contributed by atoms with Crippen LogP contribution in [-0.4, -0.2) is 41.6 Å². The van der Waals surface area contributed by atoms with Crippen LogP contribution in [0.25, 0.3) is 0 Å². The van der Waals surface area contributed by atoms with Crippen molar-refractivity contribution in [3.8, 4) is 5.75 Å². The minimum atomic E-state index is -0.989. The lowest BCUT2D eigenvalue weighted by Gasteiger charge is -2.23. The monoisotopic (exact) mass is 343 g/mol. The van der Waals surface area contributed by atoms with Gasteiger partial charge in [0.2, 0.25) is 5.91 Å². The molecular formula is C14H18BrNO4. The number of carboxylic acids is 1. The highest BCUT2D eigenvalue weighted by atomic mass is 79.9. The third-order valence-electron chi connectivity index (χ3n) is 2.93. The number of aliphatic carboxylic acids is 1. The first-order valence-electron chi connectivity index (χ1n) is 6.32. The molecule has 5 nitrogen and oxygen atoms in total. The van der Waals surface area contributed by atoms with E-state index >= 15 is 0 Å². The van der Waals surface area contributed by atoms with E-state index in [4.69, 9.17) is 9.84 Å². The SMILES string of the molecule is CCC(C(=O)O)N(C)C(=O)CCOc1ccc(Br)cc1. The minimum Gasteiger partial charge on any atom is -0.493 e. The smallest absolute Gasteiger partial charge is 0.326 e. The van der Waals surface area contributed by atoms with Crippen molar-refractivity contribution in [2.24, 2.45) is 0 Å². The molecule has 110 valence electrons. The largest absolute Gasteiger partial charge is 0.493 e. The van der Waals surface area contributed by atoms with E-state index in [0.717, 1.165) is 4.47 Å². The van der Waals surface area contributed by atoms with Crippen LogP contribution in [0.3, 0.4) is 0 Å². The van der Waals surface area contributed by atoms with Crippen molar-refractivity contribution >= 4 is 27.8 Å². The topological polar surface area (TPSA) is 66.8 Å². The Balaban J connectivity index is 2.43. The van der Waals surface area contributed by atoms with Gasteiger partial charge in [0.1, 0.15) is 11.8 Å². The number of carbonyl (C=O) groups is 2. The molecule has 20 heavy (non-hydrogen) atoms. The van der Waals surface area contributed by atoms with Crippen LogP contribution >= 0.6 is 15.9 Å². The predicted octanol–water partition coefficient (Wildman–Crippen LogP) is 2.54. The van der Waals surface area contributed by atoms with Crippen molar-refractivity contribution in [1.82, 2.24) is 4.90 Å². The van der Waals surface area contributed by atoms with Gasteiger partial charge in [-0.1, -0.05) is 22.9 Å². The summed E-state index contributed by atoms with van der Waals surface area (Å²) >= 11 is 3.32. The number of halogens is 1. The Bertz CT molecular complexity index is 461. The average Bonchev–Trinajstić information content (AvgIpc) is 2.41. The first-order chi connectivity index (χ1) is 9.45. The summed E-state index contributed by atoms with van der Waals surface area (Å²) in [6, 6.07) is 6.51. The van der Waals surface area contributed by atoms with Crippen molar-refractivity contribution in [1.29, 1.82) is 0 Å². The number of hydrogen-bond acceptors (Lipinski definition) is 3. The van der Waals surface area contributed by atoms with Gasteiger partial charge in [-0.3, -0.25) is 4.79 Å². The lowest BCUT2D eigenvalue weighted by molar-refractivity contribution is -0.149. The first-order valence-corrected chi connectivity index (χ1v) is 7.11. The molecule has 1 N–H and O–H groups in total. The average molecular weight is 344 g/mol. The van der Waals surface area contributed by atoms with Crippen LogP contribution in [0.1, 0.15) is 19.8 Å². The zero-order chi connectivity index (χ0) is 15.1. The fourth-order valence-electron chi connectivity index (χ4n) is 1.75. The molecule has 0 bridgehead atoms. The molecule has 0 fully saturated rings. The Morgan fingerprint density at radius 1 is 1.35 bits per heavy atom. The van der Waals surface area contributed by atoms with E-state index in [0.29, 0.717) is 12.2 Å². The molecule has 0 spiro atoms. The van der Waals surface area contributed by atoms with E-state index in [9.17, 15) is 9.59 Å². The summed E-state index contributed by atoms with van der Waals surface area (Å²) < 4.78 is 6.39. The zero-order valence-corrected chi connectivity index (χ0v) is 13.1. The second-order valence-corrected chi connectivity index (χ2v) is 5.23. The summed E-state index contributed by atoms with van der Waals surface area (Å²) in [7, 11) is 1.50. The van der Waals surface area contributed by atoms with Crippen LogP contribution in [0.4, 0.5) is 0 Å². The van der Waals surface area contributed by atoms with E-state index in [2.05, 4.69) is 15.9 Å². The number of rotatable bonds is 7. The van der Waals surface area contributed by atoms with Crippen molar-refractivity contribution in [2.45, 2.75) is 25.8 Å². The summed E-state index contributed by atoms with van der Waals surface area (Å²) in [6.45, 7) is 1.96. The maximum Gasteiger partial charge on any atom is 0.326 e. The molecule has 1 rings (SSSR count). The van der Waals surface area contributed by atoms with Gasteiger partial charge in [-0.15, -0.1) is 0 Å². The summed E-state index contributed by atoms with van der Waals surface area (Å²) in [5, 5.41) is 8.99. The predicted molar refractivity (Wildman–Crippen MR) is 78.7 cm³/mol. The molecule has 0 radical (unpaired) electrons. The second-order valence-electron chi connectivity index (χ2n) is 4.32. The van der Waals surface area contributed by atoms with E-state index < -0.39 is 12.0 Å². The van der Waals surface area contributed by atoms with Crippen LogP contribution in [0, 0.1) is 0 Å². The third-order valence-corrected chi connectivity index (χ3v) is 3.46. The molecule has 1 aromatic rings. The van der Waals surface area contributed by atoms with Gasteiger partial charge in [0, 0.05) is 11.5 Å².